The molecule has 6 heteroatoms. The SMILES string of the molecule is CCC(CC(C)(C)N1CCC(c2cccc(O)c2)CC1)NC(=O)[C@H]1CCc2cc(O)ccc2C1.Cl. The first-order chi connectivity index (χ1) is 16.2. The maximum absolute atomic E-state index is 13.1. The smallest absolute Gasteiger partial charge is 0.223 e. The lowest BCUT2D eigenvalue weighted by Gasteiger charge is -2.45. The molecule has 1 fully saturated rings. The lowest BCUT2D eigenvalue weighted by molar-refractivity contribution is -0.126. The number of rotatable bonds is 7. The number of halogens is 1. The van der Waals surface area contributed by atoms with Crippen molar-refractivity contribution in [2.24, 2.45) is 5.92 Å². The molecule has 35 heavy (non-hydrogen) atoms. The number of fused-ring (bicyclic) bond motifs is 1. The highest BCUT2D eigenvalue weighted by atomic mass is 35.5. The van der Waals surface area contributed by atoms with Crippen molar-refractivity contribution in [2.45, 2.75) is 83.2 Å². The number of hydrogen-bond donors (Lipinski definition) is 3. The number of carbonyl (C=O) groups is 1. The predicted molar refractivity (Wildman–Crippen MR) is 143 cm³/mol. The molecule has 1 aliphatic heterocycles. The minimum absolute atomic E-state index is 0. The van der Waals surface area contributed by atoms with Gasteiger partial charge in [0.05, 0.1) is 0 Å². The highest BCUT2D eigenvalue weighted by Crippen LogP contribution is 2.34. The molecule has 5 nitrogen and oxygen atoms in total. The Kier molecular flexibility index (Phi) is 9.11. The van der Waals surface area contributed by atoms with Gasteiger partial charge in [0.2, 0.25) is 5.91 Å². The van der Waals surface area contributed by atoms with E-state index in [4.69, 9.17) is 0 Å². The lowest BCUT2D eigenvalue weighted by atomic mass is 9.82. The highest BCUT2D eigenvalue weighted by Gasteiger charge is 2.34. The van der Waals surface area contributed by atoms with Gasteiger partial charge < -0.3 is 15.5 Å². The van der Waals surface area contributed by atoms with Gasteiger partial charge in [-0.2, -0.15) is 0 Å². The summed E-state index contributed by atoms with van der Waals surface area (Å²) in [6.07, 6.45) is 6.47. The van der Waals surface area contributed by atoms with Crippen LogP contribution in [0, 0.1) is 5.92 Å². The average Bonchev–Trinajstić information content (AvgIpc) is 2.83. The number of nitrogens with zero attached hydrogens (tertiary/aromatic N) is 1. The fourth-order valence-electron chi connectivity index (χ4n) is 5.91. The van der Waals surface area contributed by atoms with Crippen molar-refractivity contribution in [3.63, 3.8) is 0 Å². The average molecular weight is 501 g/mol. The molecule has 1 aliphatic carbocycles. The van der Waals surface area contributed by atoms with Crippen molar-refractivity contribution >= 4 is 18.3 Å². The fraction of sp³-hybridized carbons (Fsp3) is 0.552. The molecule has 1 heterocycles. The van der Waals surface area contributed by atoms with Crippen molar-refractivity contribution in [3.8, 4) is 11.5 Å². The summed E-state index contributed by atoms with van der Waals surface area (Å²) in [6.45, 7) is 8.83. The maximum Gasteiger partial charge on any atom is 0.223 e. The number of aromatic hydroxyl groups is 2. The van der Waals surface area contributed by atoms with E-state index in [2.05, 4.69) is 37.1 Å². The molecule has 3 N–H and O–H groups in total. The predicted octanol–water partition coefficient (Wildman–Crippen LogP) is 5.57. The van der Waals surface area contributed by atoms with Gasteiger partial charge in [0.1, 0.15) is 11.5 Å². The molecule has 0 bridgehead atoms. The standard InChI is InChI=1S/C29H40N2O3.ClH/c1-4-25(30-28(34)24-9-8-23-18-27(33)11-10-22(23)16-24)19-29(2,3)31-14-12-20(13-15-31)21-6-5-7-26(32)17-21;/h5-7,10-11,17-18,20,24-25,32-33H,4,8-9,12-16,19H2,1-3H3,(H,30,34);1H/t24-,25?;/m0./s1. The molecule has 0 radical (unpaired) electrons. The number of benzene rings is 2. The number of aryl methyl sites for hydroxylation is 1. The molecule has 2 aliphatic rings. The molecule has 1 saturated heterocycles. The van der Waals surface area contributed by atoms with E-state index in [1.165, 1.54) is 16.7 Å². The van der Waals surface area contributed by atoms with Crippen LogP contribution in [0.2, 0.25) is 0 Å². The summed E-state index contributed by atoms with van der Waals surface area (Å²) in [5, 5.41) is 22.9. The second kappa shape index (κ2) is 11.7. The Hall–Kier alpha value is -2.24. The van der Waals surface area contributed by atoms with Gasteiger partial charge >= 0.3 is 0 Å². The molecule has 0 spiro atoms. The number of phenols is 2. The van der Waals surface area contributed by atoms with Crippen LogP contribution in [-0.4, -0.2) is 45.7 Å². The minimum Gasteiger partial charge on any atom is -0.508 e. The van der Waals surface area contributed by atoms with Gasteiger partial charge in [-0.3, -0.25) is 9.69 Å². The number of phenolic OH excluding ortho intramolecular Hbond substituents is 2. The molecule has 4 rings (SSSR count). The van der Waals surface area contributed by atoms with Crippen LogP contribution in [0.25, 0.3) is 0 Å². The summed E-state index contributed by atoms with van der Waals surface area (Å²) in [6, 6.07) is 13.4. The first-order valence-corrected chi connectivity index (χ1v) is 12.9. The molecule has 1 amide bonds. The van der Waals surface area contributed by atoms with Crippen LogP contribution in [0.1, 0.15) is 75.5 Å². The number of amides is 1. The number of likely N-dealkylation sites (tertiary alicyclic amines) is 1. The minimum atomic E-state index is 0. The fourth-order valence-corrected chi connectivity index (χ4v) is 5.91. The number of piperidine rings is 1. The van der Waals surface area contributed by atoms with Crippen LogP contribution in [0.3, 0.4) is 0 Å². The van der Waals surface area contributed by atoms with Crippen LogP contribution < -0.4 is 5.32 Å². The van der Waals surface area contributed by atoms with Crippen molar-refractivity contribution in [1.29, 1.82) is 0 Å². The zero-order valence-electron chi connectivity index (χ0n) is 21.3. The summed E-state index contributed by atoms with van der Waals surface area (Å²) >= 11 is 0. The molecular weight excluding hydrogens is 460 g/mol. The van der Waals surface area contributed by atoms with Crippen molar-refractivity contribution < 1.29 is 15.0 Å². The monoisotopic (exact) mass is 500 g/mol. The summed E-state index contributed by atoms with van der Waals surface area (Å²) in [5.41, 5.74) is 3.60. The van der Waals surface area contributed by atoms with E-state index in [0.29, 0.717) is 17.4 Å². The quantitative estimate of drug-likeness (QED) is 0.465. The molecular formula is C29H41ClN2O3. The molecule has 0 aromatic heterocycles. The zero-order chi connectivity index (χ0) is 24.3. The third-order valence-electron chi connectivity index (χ3n) is 8.07. The number of hydrogen-bond acceptors (Lipinski definition) is 4. The van der Waals surface area contributed by atoms with E-state index >= 15 is 0 Å². The van der Waals surface area contributed by atoms with Gasteiger partial charge in [-0.15, -0.1) is 12.4 Å². The summed E-state index contributed by atoms with van der Waals surface area (Å²) in [4.78, 5) is 15.7. The van der Waals surface area contributed by atoms with Crippen molar-refractivity contribution in [2.75, 3.05) is 13.1 Å². The Labute approximate surface area is 216 Å². The lowest BCUT2D eigenvalue weighted by Crippen LogP contribution is -2.52. The Balaban J connectivity index is 0.00000342. The molecule has 1 unspecified atom stereocenters. The molecule has 2 atom stereocenters. The molecule has 0 saturated carbocycles. The first-order valence-electron chi connectivity index (χ1n) is 12.9. The van der Waals surface area contributed by atoms with Crippen LogP contribution in [-0.2, 0) is 17.6 Å². The van der Waals surface area contributed by atoms with E-state index in [-0.39, 0.29) is 35.8 Å². The first kappa shape index (κ1) is 27.3. The van der Waals surface area contributed by atoms with E-state index in [9.17, 15) is 15.0 Å². The number of nitrogens with one attached hydrogen (secondary N) is 1. The van der Waals surface area contributed by atoms with E-state index in [1.807, 2.05) is 24.3 Å². The summed E-state index contributed by atoms with van der Waals surface area (Å²) in [7, 11) is 0. The van der Waals surface area contributed by atoms with E-state index < -0.39 is 0 Å². The largest absolute Gasteiger partial charge is 0.508 e. The van der Waals surface area contributed by atoms with Gasteiger partial charge in [0.15, 0.2) is 0 Å². The van der Waals surface area contributed by atoms with Gasteiger partial charge in [0, 0.05) is 17.5 Å². The van der Waals surface area contributed by atoms with Gasteiger partial charge in [-0.1, -0.05) is 25.1 Å². The third kappa shape index (κ3) is 6.71. The Morgan fingerprint density at radius 3 is 2.46 bits per heavy atom. The third-order valence-corrected chi connectivity index (χ3v) is 8.07. The van der Waals surface area contributed by atoms with Crippen molar-refractivity contribution in [3.05, 3.63) is 59.2 Å². The topological polar surface area (TPSA) is 72.8 Å². The molecule has 2 aromatic rings. The summed E-state index contributed by atoms with van der Waals surface area (Å²) < 4.78 is 0. The van der Waals surface area contributed by atoms with Gasteiger partial charge in [0.25, 0.3) is 0 Å². The van der Waals surface area contributed by atoms with E-state index in [1.54, 1.807) is 12.1 Å². The Morgan fingerprint density at radius 2 is 1.77 bits per heavy atom. The van der Waals surface area contributed by atoms with Crippen LogP contribution in [0.5, 0.6) is 11.5 Å². The zero-order valence-corrected chi connectivity index (χ0v) is 22.1. The normalized spacial score (nSPS) is 19.9. The van der Waals surface area contributed by atoms with Crippen LogP contribution in [0.15, 0.2) is 42.5 Å². The highest BCUT2D eigenvalue weighted by molar-refractivity contribution is 5.85. The van der Waals surface area contributed by atoms with Gasteiger partial charge in [-0.25, -0.2) is 0 Å². The Morgan fingerprint density at radius 1 is 1.06 bits per heavy atom. The second-order valence-electron chi connectivity index (χ2n) is 10.9. The molecule has 192 valence electrons. The molecule has 2 aromatic carbocycles. The Bertz CT molecular complexity index is 1000. The van der Waals surface area contributed by atoms with Crippen molar-refractivity contribution in [1.82, 2.24) is 10.2 Å². The van der Waals surface area contributed by atoms with Crippen LogP contribution >= 0.6 is 12.4 Å². The van der Waals surface area contributed by atoms with E-state index in [0.717, 1.165) is 58.0 Å². The second-order valence-corrected chi connectivity index (χ2v) is 10.9. The maximum atomic E-state index is 13.1. The van der Waals surface area contributed by atoms with Gasteiger partial charge in [-0.05, 0) is 119 Å². The van der Waals surface area contributed by atoms with Crippen LogP contribution in [0.4, 0.5) is 0 Å². The number of carbonyl (C=O) groups excluding carboxylic acids is 1. The summed E-state index contributed by atoms with van der Waals surface area (Å²) in [5.74, 6) is 1.33.